The number of halogens is 2. The van der Waals surface area contributed by atoms with Crippen molar-refractivity contribution in [2.45, 2.75) is 17.7 Å². The molecular formula is C13H15F2NO4S. The monoisotopic (exact) mass is 319 g/mol. The van der Waals surface area contributed by atoms with Crippen LogP contribution in [0, 0.1) is 11.6 Å². The number of sulfone groups is 1. The number of carbonyl (C=O) groups is 1. The maximum atomic E-state index is 14.0. The molecule has 1 aromatic carbocycles. The normalized spacial score (nSPS) is 16.3. The van der Waals surface area contributed by atoms with Gasteiger partial charge in [-0.05, 0) is 38.1 Å². The fourth-order valence-corrected chi connectivity index (χ4v) is 3.70. The largest absolute Gasteiger partial charge is 0.477 e. The predicted octanol–water partition coefficient (Wildman–Crippen LogP) is 1.53. The first-order valence-electron chi connectivity index (χ1n) is 6.49. The maximum Gasteiger partial charge on any atom is 0.341 e. The highest BCUT2D eigenvalue weighted by atomic mass is 32.2. The van der Waals surface area contributed by atoms with Gasteiger partial charge in [0.25, 0.3) is 0 Å². The molecule has 5 nitrogen and oxygen atoms in total. The molecule has 1 N–H and O–H groups in total. The summed E-state index contributed by atoms with van der Waals surface area (Å²) in [6, 6.07) is 1.44. The first-order valence-corrected chi connectivity index (χ1v) is 8.14. The van der Waals surface area contributed by atoms with Crippen LogP contribution in [-0.4, -0.2) is 49.8 Å². The van der Waals surface area contributed by atoms with Gasteiger partial charge in [0.1, 0.15) is 16.3 Å². The molecule has 1 aliphatic heterocycles. The van der Waals surface area contributed by atoms with E-state index >= 15 is 0 Å². The molecule has 0 spiro atoms. The lowest BCUT2D eigenvalue weighted by atomic mass is 10.2. The first-order chi connectivity index (χ1) is 9.83. The number of hydrogen-bond acceptors (Lipinski definition) is 4. The second-order valence-corrected chi connectivity index (χ2v) is 6.98. The summed E-state index contributed by atoms with van der Waals surface area (Å²) >= 11 is 0. The van der Waals surface area contributed by atoms with Crippen LogP contribution >= 0.6 is 0 Å². The molecule has 116 valence electrons. The number of aromatic carboxylic acids is 1. The Morgan fingerprint density at radius 2 is 1.86 bits per heavy atom. The number of nitrogens with zero attached hydrogens (tertiary/aromatic N) is 1. The van der Waals surface area contributed by atoms with Gasteiger partial charge in [-0.1, -0.05) is 0 Å². The van der Waals surface area contributed by atoms with Crippen LogP contribution in [-0.2, 0) is 9.84 Å². The summed E-state index contributed by atoms with van der Waals surface area (Å²) in [7, 11) is -4.00. The third-order valence-corrected chi connectivity index (χ3v) is 5.18. The van der Waals surface area contributed by atoms with E-state index in [4.69, 9.17) is 5.11 Å². The second kappa shape index (κ2) is 6.07. The van der Waals surface area contributed by atoms with Gasteiger partial charge >= 0.3 is 5.97 Å². The van der Waals surface area contributed by atoms with E-state index in [2.05, 4.69) is 0 Å². The number of hydrogen-bond donors (Lipinski definition) is 1. The van der Waals surface area contributed by atoms with Crippen molar-refractivity contribution in [2.24, 2.45) is 0 Å². The number of benzene rings is 1. The Bertz CT molecular complexity index is 654. The van der Waals surface area contributed by atoms with Gasteiger partial charge < -0.3 is 10.0 Å². The Hall–Kier alpha value is -1.54. The molecule has 1 saturated heterocycles. The Morgan fingerprint density at radius 1 is 1.24 bits per heavy atom. The molecule has 1 aromatic rings. The Balaban J connectivity index is 2.27. The van der Waals surface area contributed by atoms with E-state index in [0.717, 1.165) is 32.0 Å². The minimum absolute atomic E-state index is 0.252. The molecule has 1 heterocycles. The van der Waals surface area contributed by atoms with Crippen molar-refractivity contribution >= 4 is 15.8 Å². The standard InChI is InChI=1S/C13H15F2NO4S/c14-9-3-4-10(12(15)11(9)13(17)18)21(19,20)8-7-16-5-1-2-6-16/h3-4H,1-2,5-8H2,(H,17,18). The van der Waals surface area contributed by atoms with E-state index in [-0.39, 0.29) is 12.3 Å². The number of carboxylic acids is 1. The van der Waals surface area contributed by atoms with Crippen LogP contribution in [0.25, 0.3) is 0 Å². The van der Waals surface area contributed by atoms with Crippen molar-refractivity contribution in [1.82, 2.24) is 4.90 Å². The van der Waals surface area contributed by atoms with Crippen molar-refractivity contribution in [1.29, 1.82) is 0 Å². The fraction of sp³-hybridized carbons (Fsp3) is 0.462. The van der Waals surface area contributed by atoms with Gasteiger partial charge in [0.05, 0.1) is 5.75 Å². The Labute approximate surface area is 121 Å². The molecule has 0 aromatic heterocycles. The van der Waals surface area contributed by atoms with E-state index in [1.165, 1.54) is 0 Å². The first kappa shape index (κ1) is 15.8. The van der Waals surface area contributed by atoms with Crippen LogP contribution in [0.5, 0.6) is 0 Å². The highest BCUT2D eigenvalue weighted by Crippen LogP contribution is 2.22. The summed E-state index contributed by atoms with van der Waals surface area (Å²) in [5.41, 5.74) is -1.24. The van der Waals surface area contributed by atoms with Crippen LogP contribution in [0.4, 0.5) is 8.78 Å². The van der Waals surface area contributed by atoms with Crippen molar-refractivity contribution in [3.05, 3.63) is 29.3 Å². The maximum absolute atomic E-state index is 14.0. The summed E-state index contributed by atoms with van der Waals surface area (Å²) in [6.07, 6.45) is 1.99. The van der Waals surface area contributed by atoms with Crippen molar-refractivity contribution < 1.29 is 27.1 Å². The predicted molar refractivity (Wildman–Crippen MR) is 71.0 cm³/mol. The lowest BCUT2D eigenvalue weighted by Crippen LogP contribution is -2.27. The topological polar surface area (TPSA) is 74.7 Å². The zero-order chi connectivity index (χ0) is 15.6. The van der Waals surface area contributed by atoms with Gasteiger partial charge in [0.15, 0.2) is 15.7 Å². The molecule has 8 heteroatoms. The SMILES string of the molecule is O=C(O)c1c(F)ccc(S(=O)(=O)CCN2CCCC2)c1F. The lowest BCUT2D eigenvalue weighted by Gasteiger charge is -2.15. The molecule has 0 aliphatic carbocycles. The second-order valence-electron chi connectivity index (χ2n) is 4.91. The van der Waals surface area contributed by atoms with Crippen LogP contribution < -0.4 is 0 Å². The molecule has 0 bridgehead atoms. The van der Waals surface area contributed by atoms with Gasteiger partial charge in [0.2, 0.25) is 0 Å². The molecule has 1 fully saturated rings. The molecule has 21 heavy (non-hydrogen) atoms. The van der Waals surface area contributed by atoms with E-state index in [1.54, 1.807) is 0 Å². The highest BCUT2D eigenvalue weighted by molar-refractivity contribution is 7.91. The van der Waals surface area contributed by atoms with Gasteiger partial charge in [-0.25, -0.2) is 22.0 Å². The minimum atomic E-state index is -4.00. The summed E-state index contributed by atoms with van der Waals surface area (Å²) in [6.45, 7) is 1.84. The average Bonchev–Trinajstić information content (AvgIpc) is 2.88. The van der Waals surface area contributed by atoms with Crippen LogP contribution in [0.3, 0.4) is 0 Å². The minimum Gasteiger partial charge on any atom is -0.477 e. The average molecular weight is 319 g/mol. The molecule has 0 amide bonds. The summed E-state index contributed by atoms with van der Waals surface area (Å²) in [5, 5.41) is 8.76. The smallest absolute Gasteiger partial charge is 0.341 e. The Kier molecular flexibility index (Phi) is 4.58. The van der Waals surface area contributed by atoms with Gasteiger partial charge in [-0.15, -0.1) is 0 Å². The quantitative estimate of drug-likeness (QED) is 0.833. The molecule has 0 unspecified atom stereocenters. The zero-order valence-electron chi connectivity index (χ0n) is 11.2. The molecule has 0 radical (unpaired) electrons. The van der Waals surface area contributed by atoms with E-state index in [9.17, 15) is 22.0 Å². The lowest BCUT2D eigenvalue weighted by molar-refractivity contribution is 0.0685. The van der Waals surface area contributed by atoms with Crippen LogP contribution in [0.1, 0.15) is 23.2 Å². The van der Waals surface area contributed by atoms with E-state index in [1.807, 2.05) is 4.90 Å². The highest BCUT2D eigenvalue weighted by Gasteiger charge is 2.27. The van der Waals surface area contributed by atoms with Crippen LogP contribution in [0.2, 0.25) is 0 Å². The fourth-order valence-electron chi connectivity index (χ4n) is 2.34. The van der Waals surface area contributed by atoms with Crippen molar-refractivity contribution in [3.8, 4) is 0 Å². The molecule has 2 rings (SSSR count). The number of likely N-dealkylation sites (tertiary alicyclic amines) is 1. The number of rotatable bonds is 5. The van der Waals surface area contributed by atoms with Crippen molar-refractivity contribution in [2.75, 3.05) is 25.4 Å². The van der Waals surface area contributed by atoms with E-state index in [0.29, 0.717) is 6.07 Å². The van der Waals surface area contributed by atoms with E-state index < -0.39 is 37.9 Å². The van der Waals surface area contributed by atoms with Gasteiger partial charge in [-0.3, -0.25) is 0 Å². The third-order valence-electron chi connectivity index (χ3n) is 3.48. The molecule has 1 aliphatic rings. The van der Waals surface area contributed by atoms with Gasteiger partial charge in [-0.2, -0.15) is 0 Å². The number of carboxylic acid groups (broad SMARTS) is 1. The van der Waals surface area contributed by atoms with Gasteiger partial charge in [0, 0.05) is 6.54 Å². The summed E-state index contributed by atoms with van der Waals surface area (Å²) < 4.78 is 51.5. The molecule has 0 atom stereocenters. The zero-order valence-corrected chi connectivity index (χ0v) is 12.0. The molecule has 0 saturated carbocycles. The summed E-state index contributed by atoms with van der Waals surface area (Å²) in [5.74, 6) is -4.99. The third kappa shape index (κ3) is 3.38. The molecular weight excluding hydrogens is 304 g/mol. The summed E-state index contributed by atoms with van der Waals surface area (Å²) in [4.78, 5) is 12.0. The van der Waals surface area contributed by atoms with Crippen molar-refractivity contribution in [3.63, 3.8) is 0 Å². The Morgan fingerprint density at radius 3 is 2.43 bits per heavy atom. The van der Waals surface area contributed by atoms with Crippen LogP contribution in [0.15, 0.2) is 17.0 Å².